The highest BCUT2D eigenvalue weighted by atomic mass is 19.1. The fourth-order valence-corrected chi connectivity index (χ4v) is 2.92. The second kappa shape index (κ2) is 4.54. The fourth-order valence-electron chi connectivity index (χ4n) is 2.92. The molecule has 3 rings (SSSR count). The molecule has 0 heterocycles. The van der Waals surface area contributed by atoms with Gasteiger partial charge in [0.1, 0.15) is 5.82 Å². The first-order valence-electron chi connectivity index (χ1n) is 6.31. The average molecular weight is 241 g/mol. The van der Waals surface area contributed by atoms with E-state index in [1.54, 1.807) is 12.1 Å². The quantitative estimate of drug-likeness (QED) is 0.846. The van der Waals surface area contributed by atoms with Crippen molar-refractivity contribution in [2.75, 3.05) is 7.05 Å². The van der Waals surface area contributed by atoms with Crippen LogP contribution in [-0.2, 0) is 0 Å². The Balaban J connectivity index is 2.02. The molecule has 2 aromatic carbocycles. The van der Waals surface area contributed by atoms with Gasteiger partial charge in [0.05, 0.1) is 0 Å². The summed E-state index contributed by atoms with van der Waals surface area (Å²) in [6.07, 6.45) is 1.04. The van der Waals surface area contributed by atoms with Gasteiger partial charge < -0.3 is 5.32 Å². The highest BCUT2D eigenvalue weighted by Gasteiger charge is 2.30. The Kier molecular flexibility index (Phi) is 2.88. The van der Waals surface area contributed by atoms with Gasteiger partial charge in [-0.1, -0.05) is 36.4 Å². The molecule has 18 heavy (non-hydrogen) atoms. The minimum atomic E-state index is -0.171. The Bertz CT molecular complexity index is 547. The molecule has 0 saturated heterocycles. The zero-order valence-corrected chi connectivity index (χ0v) is 10.4. The lowest BCUT2D eigenvalue weighted by atomic mass is 9.93. The number of benzene rings is 2. The zero-order chi connectivity index (χ0) is 12.5. The first kappa shape index (κ1) is 11.4. The molecular formula is C16H16FN. The monoisotopic (exact) mass is 241 g/mol. The van der Waals surface area contributed by atoms with Crippen LogP contribution in [0.3, 0.4) is 0 Å². The number of halogens is 1. The molecular weight excluding hydrogens is 225 g/mol. The first-order chi connectivity index (χ1) is 8.79. The van der Waals surface area contributed by atoms with Crippen LogP contribution >= 0.6 is 0 Å². The van der Waals surface area contributed by atoms with E-state index in [0.717, 1.165) is 6.42 Å². The van der Waals surface area contributed by atoms with Crippen LogP contribution in [0.2, 0.25) is 0 Å². The second-order valence-electron chi connectivity index (χ2n) is 4.81. The van der Waals surface area contributed by atoms with Crippen LogP contribution < -0.4 is 5.32 Å². The van der Waals surface area contributed by atoms with Gasteiger partial charge in [0.15, 0.2) is 0 Å². The van der Waals surface area contributed by atoms with E-state index < -0.39 is 0 Å². The molecule has 0 radical (unpaired) electrons. The van der Waals surface area contributed by atoms with Crippen LogP contribution in [0.15, 0.2) is 48.5 Å². The van der Waals surface area contributed by atoms with Gasteiger partial charge in [0, 0.05) is 12.0 Å². The van der Waals surface area contributed by atoms with Gasteiger partial charge in [0.25, 0.3) is 0 Å². The van der Waals surface area contributed by atoms with E-state index in [0.29, 0.717) is 12.0 Å². The molecule has 0 aliphatic heterocycles. The molecule has 2 heteroatoms. The standard InChI is InChI=1S/C16H16FN/c1-18-16-10-15(11-6-8-12(17)9-7-11)13-4-2-3-5-14(13)16/h2-9,15-16,18H,10H2,1H3/t15-,16+/m1/s1. The first-order valence-corrected chi connectivity index (χ1v) is 6.31. The van der Waals surface area contributed by atoms with Crippen molar-refractivity contribution in [1.82, 2.24) is 5.32 Å². The molecule has 0 saturated carbocycles. The van der Waals surface area contributed by atoms with Crippen LogP contribution in [0.1, 0.15) is 35.1 Å². The maximum Gasteiger partial charge on any atom is 0.123 e. The molecule has 1 aliphatic rings. The fraction of sp³-hybridized carbons (Fsp3) is 0.250. The molecule has 92 valence electrons. The number of hydrogen-bond donors (Lipinski definition) is 1. The lowest BCUT2D eigenvalue weighted by Crippen LogP contribution is -2.13. The normalized spacial score (nSPS) is 21.9. The summed E-state index contributed by atoms with van der Waals surface area (Å²) >= 11 is 0. The van der Waals surface area contributed by atoms with E-state index in [-0.39, 0.29) is 5.82 Å². The Hall–Kier alpha value is -1.67. The van der Waals surface area contributed by atoms with Crippen molar-refractivity contribution in [3.8, 4) is 0 Å². The average Bonchev–Trinajstić information content (AvgIpc) is 2.79. The van der Waals surface area contributed by atoms with Crippen molar-refractivity contribution >= 4 is 0 Å². The molecule has 0 spiro atoms. The summed E-state index contributed by atoms with van der Waals surface area (Å²) in [5.74, 6) is 0.203. The molecule has 0 bridgehead atoms. The molecule has 0 unspecified atom stereocenters. The zero-order valence-electron chi connectivity index (χ0n) is 10.4. The van der Waals surface area contributed by atoms with E-state index in [1.807, 2.05) is 19.2 Å². The minimum Gasteiger partial charge on any atom is -0.313 e. The van der Waals surface area contributed by atoms with Crippen molar-refractivity contribution in [3.05, 3.63) is 71.0 Å². The van der Waals surface area contributed by atoms with E-state index in [1.165, 1.54) is 16.7 Å². The molecule has 0 aromatic heterocycles. The van der Waals surface area contributed by atoms with E-state index in [9.17, 15) is 4.39 Å². The molecule has 0 fully saturated rings. The van der Waals surface area contributed by atoms with Crippen LogP contribution in [0, 0.1) is 5.82 Å². The van der Waals surface area contributed by atoms with Gasteiger partial charge in [-0.2, -0.15) is 0 Å². The van der Waals surface area contributed by atoms with Crippen molar-refractivity contribution < 1.29 is 4.39 Å². The number of nitrogens with one attached hydrogen (secondary N) is 1. The molecule has 2 aromatic rings. The largest absolute Gasteiger partial charge is 0.313 e. The third-order valence-electron chi connectivity index (χ3n) is 3.84. The van der Waals surface area contributed by atoms with Gasteiger partial charge in [0.2, 0.25) is 0 Å². The Morgan fingerprint density at radius 2 is 1.67 bits per heavy atom. The summed E-state index contributed by atoms with van der Waals surface area (Å²) in [7, 11) is 1.99. The number of rotatable bonds is 2. The third-order valence-corrected chi connectivity index (χ3v) is 3.84. The van der Waals surface area contributed by atoms with Crippen LogP contribution in [0.25, 0.3) is 0 Å². The summed E-state index contributed by atoms with van der Waals surface area (Å²) in [5, 5.41) is 3.36. The van der Waals surface area contributed by atoms with E-state index in [4.69, 9.17) is 0 Å². The highest BCUT2D eigenvalue weighted by Crippen LogP contribution is 2.43. The summed E-state index contributed by atoms with van der Waals surface area (Å²) < 4.78 is 13.0. The molecule has 0 amide bonds. The van der Waals surface area contributed by atoms with Crippen molar-refractivity contribution in [1.29, 1.82) is 0 Å². The van der Waals surface area contributed by atoms with E-state index >= 15 is 0 Å². The summed E-state index contributed by atoms with van der Waals surface area (Å²) in [6, 6.07) is 15.8. The smallest absolute Gasteiger partial charge is 0.123 e. The summed E-state index contributed by atoms with van der Waals surface area (Å²) in [4.78, 5) is 0. The van der Waals surface area contributed by atoms with Gasteiger partial charge in [-0.25, -0.2) is 4.39 Å². The third kappa shape index (κ3) is 1.83. The van der Waals surface area contributed by atoms with Crippen LogP contribution in [0.4, 0.5) is 4.39 Å². The van der Waals surface area contributed by atoms with Gasteiger partial charge in [-0.15, -0.1) is 0 Å². The molecule has 2 atom stereocenters. The number of hydrogen-bond acceptors (Lipinski definition) is 1. The van der Waals surface area contributed by atoms with Gasteiger partial charge in [-0.3, -0.25) is 0 Å². The van der Waals surface area contributed by atoms with Crippen molar-refractivity contribution in [3.63, 3.8) is 0 Å². The SMILES string of the molecule is CN[C@H]1C[C@H](c2ccc(F)cc2)c2ccccc21. The lowest BCUT2D eigenvalue weighted by molar-refractivity contribution is 0.563. The predicted molar refractivity (Wildman–Crippen MR) is 71.1 cm³/mol. The molecule has 1 aliphatic carbocycles. The minimum absolute atomic E-state index is 0.171. The van der Waals surface area contributed by atoms with Gasteiger partial charge in [-0.05, 0) is 42.3 Å². The molecule has 1 nitrogen and oxygen atoms in total. The summed E-state index contributed by atoms with van der Waals surface area (Å²) in [5.41, 5.74) is 3.93. The van der Waals surface area contributed by atoms with Crippen molar-refractivity contribution in [2.24, 2.45) is 0 Å². The maximum absolute atomic E-state index is 13.0. The second-order valence-corrected chi connectivity index (χ2v) is 4.81. The van der Waals surface area contributed by atoms with Crippen molar-refractivity contribution in [2.45, 2.75) is 18.4 Å². The number of fused-ring (bicyclic) bond motifs is 1. The predicted octanol–water partition coefficient (Wildman–Crippen LogP) is 3.62. The summed E-state index contributed by atoms with van der Waals surface area (Å²) in [6.45, 7) is 0. The maximum atomic E-state index is 13.0. The molecule has 1 N–H and O–H groups in total. The topological polar surface area (TPSA) is 12.0 Å². The van der Waals surface area contributed by atoms with Crippen LogP contribution in [0.5, 0.6) is 0 Å². The Morgan fingerprint density at radius 1 is 1.00 bits per heavy atom. The Morgan fingerprint density at radius 3 is 2.33 bits per heavy atom. The van der Waals surface area contributed by atoms with E-state index in [2.05, 4.69) is 29.6 Å². The highest BCUT2D eigenvalue weighted by molar-refractivity contribution is 5.44. The Labute approximate surface area is 107 Å². The van der Waals surface area contributed by atoms with Crippen LogP contribution in [-0.4, -0.2) is 7.05 Å². The lowest BCUT2D eigenvalue weighted by Gasteiger charge is -2.12. The van der Waals surface area contributed by atoms with Gasteiger partial charge >= 0.3 is 0 Å².